The van der Waals surface area contributed by atoms with Gasteiger partial charge in [0.05, 0.1) is 12.2 Å². The van der Waals surface area contributed by atoms with E-state index in [0.717, 1.165) is 12.2 Å². The summed E-state index contributed by atoms with van der Waals surface area (Å²) in [6.45, 7) is 5.52. The molecule has 0 atom stereocenters. The number of hydrogen-bond donors (Lipinski definition) is 1. The minimum absolute atomic E-state index is 0.653. The van der Waals surface area contributed by atoms with E-state index >= 15 is 0 Å². The van der Waals surface area contributed by atoms with Gasteiger partial charge in [0.1, 0.15) is 0 Å². The molecule has 0 spiro atoms. The van der Waals surface area contributed by atoms with E-state index in [4.69, 9.17) is 5.73 Å². The molecule has 0 bridgehead atoms. The molecule has 1 aromatic rings. The van der Waals surface area contributed by atoms with Crippen LogP contribution in [0.2, 0.25) is 0 Å². The van der Waals surface area contributed by atoms with Crippen LogP contribution in [0.5, 0.6) is 0 Å². The number of aryl methyl sites for hydroxylation is 2. The van der Waals surface area contributed by atoms with Gasteiger partial charge in [0.15, 0.2) is 0 Å². The van der Waals surface area contributed by atoms with Crippen molar-refractivity contribution in [1.82, 2.24) is 9.78 Å². The van der Waals surface area contributed by atoms with Crippen molar-refractivity contribution < 1.29 is 0 Å². The standard InChI is InChI=1S/C7H13N3/c1-6-5-10(4-3-8)9-7(6)2/h5H,3-4,8H2,1-2H3. The van der Waals surface area contributed by atoms with E-state index in [1.807, 2.05) is 17.8 Å². The Morgan fingerprint density at radius 2 is 2.30 bits per heavy atom. The minimum Gasteiger partial charge on any atom is -0.329 e. The predicted molar refractivity (Wildman–Crippen MR) is 40.8 cm³/mol. The van der Waals surface area contributed by atoms with Crippen molar-refractivity contribution in [1.29, 1.82) is 0 Å². The van der Waals surface area contributed by atoms with E-state index in [9.17, 15) is 0 Å². The van der Waals surface area contributed by atoms with Crippen LogP contribution in [-0.2, 0) is 6.54 Å². The van der Waals surface area contributed by atoms with E-state index < -0.39 is 0 Å². The van der Waals surface area contributed by atoms with Crippen LogP contribution < -0.4 is 5.73 Å². The van der Waals surface area contributed by atoms with Crippen LogP contribution in [0.4, 0.5) is 0 Å². The van der Waals surface area contributed by atoms with Gasteiger partial charge in [0, 0.05) is 12.7 Å². The fourth-order valence-corrected chi connectivity index (χ4v) is 0.864. The summed E-state index contributed by atoms with van der Waals surface area (Å²) < 4.78 is 1.88. The molecule has 0 aliphatic rings. The largest absolute Gasteiger partial charge is 0.329 e. The fraction of sp³-hybridized carbons (Fsp3) is 0.571. The zero-order valence-corrected chi connectivity index (χ0v) is 6.46. The van der Waals surface area contributed by atoms with E-state index in [2.05, 4.69) is 12.0 Å². The molecule has 10 heavy (non-hydrogen) atoms. The maximum Gasteiger partial charge on any atom is 0.0622 e. The van der Waals surface area contributed by atoms with Crippen LogP contribution in [0.3, 0.4) is 0 Å². The molecule has 56 valence electrons. The summed E-state index contributed by atoms with van der Waals surface area (Å²) in [5.41, 5.74) is 7.68. The van der Waals surface area contributed by atoms with E-state index in [-0.39, 0.29) is 0 Å². The molecule has 3 nitrogen and oxygen atoms in total. The van der Waals surface area contributed by atoms with Gasteiger partial charge in [0.2, 0.25) is 0 Å². The third-order valence-electron chi connectivity index (χ3n) is 1.55. The maximum atomic E-state index is 5.36. The van der Waals surface area contributed by atoms with Crippen molar-refractivity contribution in [2.75, 3.05) is 6.54 Å². The second kappa shape index (κ2) is 2.84. The molecular formula is C7H13N3. The van der Waals surface area contributed by atoms with Gasteiger partial charge in [-0.25, -0.2) is 0 Å². The zero-order valence-electron chi connectivity index (χ0n) is 6.46. The van der Waals surface area contributed by atoms with Gasteiger partial charge in [-0.2, -0.15) is 5.10 Å². The van der Waals surface area contributed by atoms with Crippen LogP contribution in [0.1, 0.15) is 11.3 Å². The molecule has 0 aliphatic carbocycles. The highest BCUT2D eigenvalue weighted by atomic mass is 15.3. The number of rotatable bonds is 2. The smallest absolute Gasteiger partial charge is 0.0622 e. The molecule has 1 aromatic heterocycles. The Morgan fingerprint density at radius 3 is 2.70 bits per heavy atom. The summed E-state index contributed by atoms with van der Waals surface area (Å²) in [5.74, 6) is 0. The monoisotopic (exact) mass is 139 g/mol. The van der Waals surface area contributed by atoms with E-state index in [1.165, 1.54) is 5.56 Å². The van der Waals surface area contributed by atoms with Gasteiger partial charge < -0.3 is 5.73 Å². The van der Waals surface area contributed by atoms with E-state index in [1.54, 1.807) is 0 Å². The van der Waals surface area contributed by atoms with Gasteiger partial charge in [-0.15, -0.1) is 0 Å². The second-order valence-corrected chi connectivity index (χ2v) is 2.45. The highest BCUT2D eigenvalue weighted by Crippen LogP contribution is 2.01. The van der Waals surface area contributed by atoms with Crippen LogP contribution >= 0.6 is 0 Å². The van der Waals surface area contributed by atoms with Crippen molar-refractivity contribution >= 4 is 0 Å². The van der Waals surface area contributed by atoms with Gasteiger partial charge in [-0.3, -0.25) is 4.68 Å². The molecule has 3 heteroatoms. The summed E-state index contributed by atoms with van der Waals surface area (Å²) in [5, 5.41) is 4.24. The summed E-state index contributed by atoms with van der Waals surface area (Å²) >= 11 is 0. The molecule has 0 radical (unpaired) electrons. The third-order valence-corrected chi connectivity index (χ3v) is 1.55. The Balaban J connectivity index is 2.77. The lowest BCUT2D eigenvalue weighted by Crippen LogP contribution is -2.10. The SMILES string of the molecule is Cc1cn(CCN)nc1C. The Morgan fingerprint density at radius 1 is 1.60 bits per heavy atom. The Labute approximate surface area is 60.8 Å². The Kier molecular flexibility index (Phi) is 2.06. The molecule has 0 saturated carbocycles. The number of aromatic nitrogens is 2. The summed E-state index contributed by atoms with van der Waals surface area (Å²) in [6, 6.07) is 0. The number of hydrogen-bond acceptors (Lipinski definition) is 2. The van der Waals surface area contributed by atoms with E-state index in [0.29, 0.717) is 6.54 Å². The van der Waals surface area contributed by atoms with Crippen LogP contribution in [-0.4, -0.2) is 16.3 Å². The van der Waals surface area contributed by atoms with Crippen LogP contribution in [0.25, 0.3) is 0 Å². The molecule has 0 amide bonds. The molecule has 0 unspecified atom stereocenters. The lowest BCUT2D eigenvalue weighted by atomic mass is 10.3. The summed E-state index contributed by atoms with van der Waals surface area (Å²) in [4.78, 5) is 0. The topological polar surface area (TPSA) is 43.8 Å². The van der Waals surface area contributed by atoms with Crippen molar-refractivity contribution in [2.24, 2.45) is 5.73 Å². The van der Waals surface area contributed by atoms with Crippen molar-refractivity contribution in [2.45, 2.75) is 20.4 Å². The minimum atomic E-state index is 0.653. The van der Waals surface area contributed by atoms with Gasteiger partial charge >= 0.3 is 0 Å². The highest BCUT2D eigenvalue weighted by molar-refractivity contribution is 5.12. The third kappa shape index (κ3) is 1.36. The molecule has 1 heterocycles. The maximum absolute atomic E-state index is 5.36. The lowest BCUT2D eigenvalue weighted by molar-refractivity contribution is 0.620. The summed E-state index contributed by atoms with van der Waals surface area (Å²) in [7, 11) is 0. The molecule has 0 fully saturated rings. The zero-order chi connectivity index (χ0) is 7.56. The first-order valence-electron chi connectivity index (χ1n) is 3.44. The summed E-state index contributed by atoms with van der Waals surface area (Å²) in [6.07, 6.45) is 2.02. The number of nitrogens with two attached hydrogens (primary N) is 1. The average Bonchev–Trinajstić information content (AvgIpc) is 2.14. The first-order chi connectivity index (χ1) is 4.74. The molecule has 0 saturated heterocycles. The quantitative estimate of drug-likeness (QED) is 0.646. The first-order valence-corrected chi connectivity index (χ1v) is 3.44. The molecule has 2 N–H and O–H groups in total. The van der Waals surface area contributed by atoms with Gasteiger partial charge in [0.25, 0.3) is 0 Å². The van der Waals surface area contributed by atoms with Gasteiger partial charge in [-0.05, 0) is 19.4 Å². The normalized spacial score (nSPS) is 10.3. The highest BCUT2D eigenvalue weighted by Gasteiger charge is 1.96. The van der Waals surface area contributed by atoms with Crippen LogP contribution in [0.15, 0.2) is 6.20 Å². The molecular weight excluding hydrogens is 126 g/mol. The second-order valence-electron chi connectivity index (χ2n) is 2.45. The fourth-order valence-electron chi connectivity index (χ4n) is 0.864. The lowest BCUT2D eigenvalue weighted by Gasteiger charge is -1.94. The van der Waals surface area contributed by atoms with Crippen LogP contribution in [0, 0.1) is 13.8 Å². The Bertz CT molecular complexity index is 195. The first kappa shape index (κ1) is 7.28. The molecule has 0 aromatic carbocycles. The average molecular weight is 139 g/mol. The Hall–Kier alpha value is -0.830. The van der Waals surface area contributed by atoms with Crippen molar-refractivity contribution in [3.8, 4) is 0 Å². The molecule has 0 aliphatic heterocycles. The molecule has 1 rings (SSSR count). The predicted octanol–water partition coefficient (Wildman–Crippen LogP) is 0.459. The number of nitrogens with zero attached hydrogens (tertiary/aromatic N) is 2. The van der Waals surface area contributed by atoms with Crippen molar-refractivity contribution in [3.05, 3.63) is 17.5 Å². The van der Waals surface area contributed by atoms with Gasteiger partial charge in [-0.1, -0.05) is 0 Å². The van der Waals surface area contributed by atoms with Crippen molar-refractivity contribution in [3.63, 3.8) is 0 Å².